The summed E-state index contributed by atoms with van der Waals surface area (Å²) in [6.45, 7) is 4.55. The molecule has 10 nitrogen and oxygen atoms in total. The molecular weight excluding hydrogens is 484 g/mol. The third-order valence-electron chi connectivity index (χ3n) is 5.84. The molecule has 1 saturated heterocycles. The lowest BCUT2D eigenvalue weighted by molar-refractivity contribution is 0.0797. The fourth-order valence-corrected chi connectivity index (χ4v) is 5.63. The molecule has 1 aliphatic heterocycles. The summed E-state index contributed by atoms with van der Waals surface area (Å²) in [7, 11) is -3.95. The molecule has 3 rings (SSSR count). The third kappa shape index (κ3) is 7.74. The van der Waals surface area contributed by atoms with Gasteiger partial charge in [0.2, 0.25) is 10.0 Å². The number of alkyl carbamates (subject to hydrolysis) is 1. The summed E-state index contributed by atoms with van der Waals surface area (Å²) < 4.78 is 38.9. The second-order valence-corrected chi connectivity index (χ2v) is 11.2. The monoisotopic (exact) mass is 518 g/mol. The molecule has 1 unspecified atom stereocenters. The minimum Gasteiger partial charge on any atom is -0.444 e. The van der Waals surface area contributed by atoms with E-state index in [0.717, 1.165) is 5.56 Å². The first kappa shape index (κ1) is 27.6. The Balaban J connectivity index is 1.85. The van der Waals surface area contributed by atoms with Crippen LogP contribution in [-0.4, -0.2) is 63.3 Å². The summed E-state index contributed by atoms with van der Waals surface area (Å²) >= 11 is 0. The highest BCUT2D eigenvalue weighted by atomic mass is 32.2. The SMILES string of the molecule is CC(C)CN(CC(N=O)[C@H](Cc1ccccc1)NC(=O)O[C@H]1CCOC1)S(=O)(=O)c1ccc(N)cc1. The molecule has 11 heteroatoms. The van der Waals surface area contributed by atoms with Crippen LogP contribution >= 0.6 is 0 Å². The van der Waals surface area contributed by atoms with E-state index in [-0.39, 0.29) is 36.4 Å². The van der Waals surface area contributed by atoms with Crippen molar-refractivity contribution in [3.8, 4) is 0 Å². The molecule has 0 bridgehead atoms. The van der Waals surface area contributed by atoms with Gasteiger partial charge in [0.15, 0.2) is 0 Å². The van der Waals surface area contributed by atoms with E-state index in [1.54, 1.807) is 0 Å². The van der Waals surface area contributed by atoms with Crippen molar-refractivity contribution < 1.29 is 22.7 Å². The first-order chi connectivity index (χ1) is 17.2. The van der Waals surface area contributed by atoms with Crippen LogP contribution < -0.4 is 11.1 Å². The Bertz CT molecular complexity index is 1090. The molecule has 0 spiro atoms. The minimum atomic E-state index is -3.95. The molecule has 1 aliphatic rings. The van der Waals surface area contributed by atoms with Crippen LogP contribution in [0.1, 0.15) is 25.8 Å². The van der Waals surface area contributed by atoms with Gasteiger partial charge in [-0.3, -0.25) is 0 Å². The van der Waals surface area contributed by atoms with E-state index in [4.69, 9.17) is 15.2 Å². The maximum atomic E-state index is 13.5. The number of nitrogens with one attached hydrogen (secondary N) is 1. The topological polar surface area (TPSA) is 140 Å². The lowest BCUT2D eigenvalue weighted by Crippen LogP contribution is -2.50. The van der Waals surface area contributed by atoms with Gasteiger partial charge in [-0.05, 0) is 42.2 Å². The fraction of sp³-hybridized carbons (Fsp3) is 0.480. The number of nitroso groups, excluding NO2 is 1. The quantitative estimate of drug-likeness (QED) is 0.325. The van der Waals surface area contributed by atoms with E-state index in [0.29, 0.717) is 25.3 Å². The van der Waals surface area contributed by atoms with E-state index in [1.807, 2.05) is 44.2 Å². The number of hydrogen-bond donors (Lipinski definition) is 2. The molecule has 0 saturated carbocycles. The van der Waals surface area contributed by atoms with E-state index in [1.165, 1.54) is 28.6 Å². The molecule has 0 aliphatic carbocycles. The number of amides is 1. The van der Waals surface area contributed by atoms with Gasteiger partial charge in [0.1, 0.15) is 12.1 Å². The Kier molecular flexibility index (Phi) is 9.80. The maximum Gasteiger partial charge on any atom is 0.407 e. The number of nitrogen functional groups attached to an aromatic ring is 1. The average Bonchev–Trinajstić information content (AvgIpc) is 3.35. The van der Waals surface area contributed by atoms with Crippen molar-refractivity contribution >= 4 is 21.8 Å². The summed E-state index contributed by atoms with van der Waals surface area (Å²) in [4.78, 5) is 24.8. The van der Waals surface area contributed by atoms with Crippen LogP contribution in [0.2, 0.25) is 0 Å². The van der Waals surface area contributed by atoms with Gasteiger partial charge in [0.25, 0.3) is 0 Å². The van der Waals surface area contributed by atoms with Crippen LogP contribution in [0.25, 0.3) is 0 Å². The standard InChI is InChI=1S/C25H34N4O6S/c1-18(2)15-29(36(32,33)22-10-8-20(26)9-11-22)16-24(28-31)23(14-19-6-4-3-5-7-19)27-25(30)35-21-12-13-34-17-21/h3-11,18,21,23-24H,12-17,26H2,1-2H3,(H,27,30)/t21-,23-,24?/m0/s1. The molecule has 196 valence electrons. The number of ether oxygens (including phenoxy) is 2. The lowest BCUT2D eigenvalue weighted by atomic mass is 9.99. The van der Waals surface area contributed by atoms with Gasteiger partial charge in [0.05, 0.1) is 24.2 Å². The van der Waals surface area contributed by atoms with E-state index >= 15 is 0 Å². The van der Waals surface area contributed by atoms with E-state index in [9.17, 15) is 18.1 Å². The average molecular weight is 519 g/mol. The van der Waals surface area contributed by atoms with Gasteiger partial charge >= 0.3 is 6.09 Å². The Morgan fingerprint density at radius 1 is 1.17 bits per heavy atom. The largest absolute Gasteiger partial charge is 0.444 e. The van der Waals surface area contributed by atoms with Crippen molar-refractivity contribution in [2.45, 2.75) is 49.8 Å². The second kappa shape index (κ2) is 12.8. The molecule has 36 heavy (non-hydrogen) atoms. The number of anilines is 1. The van der Waals surface area contributed by atoms with E-state index in [2.05, 4.69) is 10.5 Å². The summed E-state index contributed by atoms with van der Waals surface area (Å²) in [5.41, 5.74) is 7.02. The summed E-state index contributed by atoms with van der Waals surface area (Å²) in [6.07, 6.45) is -0.204. The van der Waals surface area contributed by atoms with Gasteiger partial charge in [-0.1, -0.05) is 49.4 Å². The highest BCUT2D eigenvalue weighted by Crippen LogP contribution is 2.21. The van der Waals surface area contributed by atoms with Crippen molar-refractivity contribution in [2.75, 3.05) is 32.0 Å². The molecule has 3 N–H and O–H groups in total. The Morgan fingerprint density at radius 3 is 2.44 bits per heavy atom. The molecule has 1 heterocycles. The van der Waals surface area contributed by atoms with Crippen LogP contribution in [0.4, 0.5) is 10.5 Å². The second-order valence-electron chi connectivity index (χ2n) is 9.29. The van der Waals surface area contributed by atoms with Crippen molar-refractivity contribution in [2.24, 2.45) is 11.1 Å². The summed E-state index contributed by atoms with van der Waals surface area (Å²) in [6, 6.07) is 13.3. The number of sulfonamides is 1. The number of benzene rings is 2. The zero-order chi connectivity index (χ0) is 26.1. The van der Waals surface area contributed by atoms with Gasteiger partial charge in [-0.25, -0.2) is 13.2 Å². The molecule has 2 aromatic rings. The Hall–Kier alpha value is -3.02. The molecule has 1 fully saturated rings. The van der Waals surface area contributed by atoms with Crippen LogP contribution in [0.3, 0.4) is 0 Å². The molecule has 0 aromatic heterocycles. The minimum absolute atomic E-state index is 0.0197. The maximum absolute atomic E-state index is 13.5. The van der Waals surface area contributed by atoms with Crippen LogP contribution in [-0.2, 0) is 25.9 Å². The first-order valence-electron chi connectivity index (χ1n) is 12.0. The third-order valence-corrected chi connectivity index (χ3v) is 7.69. The number of hydrogen-bond acceptors (Lipinski definition) is 8. The highest BCUT2D eigenvalue weighted by molar-refractivity contribution is 7.89. The van der Waals surface area contributed by atoms with Gasteiger partial charge in [0, 0.05) is 25.2 Å². The first-order valence-corrected chi connectivity index (χ1v) is 13.4. The number of nitrogens with zero attached hydrogens (tertiary/aromatic N) is 2. The highest BCUT2D eigenvalue weighted by Gasteiger charge is 2.34. The molecule has 0 radical (unpaired) electrons. The predicted octanol–water partition coefficient (Wildman–Crippen LogP) is 3.18. The van der Waals surface area contributed by atoms with Crippen LogP contribution in [0.15, 0.2) is 64.7 Å². The normalized spacial score (nSPS) is 17.6. The summed E-state index contributed by atoms with van der Waals surface area (Å²) in [5.74, 6) is -0.0197. The smallest absolute Gasteiger partial charge is 0.407 e. The Labute approximate surface area is 212 Å². The van der Waals surface area contributed by atoms with E-state index < -0.39 is 28.2 Å². The van der Waals surface area contributed by atoms with Gasteiger partial charge in [-0.15, -0.1) is 0 Å². The number of carbonyl (C=O) groups excluding carboxylic acids is 1. The lowest BCUT2D eigenvalue weighted by Gasteiger charge is -2.30. The predicted molar refractivity (Wildman–Crippen MR) is 137 cm³/mol. The fourth-order valence-electron chi connectivity index (χ4n) is 4.00. The van der Waals surface area contributed by atoms with Crippen molar-refractivity contribution in [3.05, 3.63) is 65.1 Å². The van der Waals surface area contributed by atoms with Crippen molar-refractivity contribution in [1.29, 1.82) is 0 Å². The van der Waals surface area contributed by atoms with Gasteiger partial charge in [-0.2, -0.15) is 9.21 Å². The van der Waals surface area contributed by atoms with Gasteiger partial charge < -0.3 is 20.5 Å². The zero-order valence-corrected chi connectivity index (χ0v) is 21.4. The Morgan fingerprint density at radius 2 is 1.86 bits per heavy atom. The number of carbonyl (C=O) groups is 1. The zero-order valence-electron chi connectivity index (χ0n) is 20.6. The van der Waals surface area contributed by atoms with Crippen LogP contribution in [0.5, 0.6) is 0 Å². The number of nitrogens with two attached hydrogens (primary N) is 1. The number of rotatable bonds is 12. The van der Waals surface area contributed by atoms with Crippen molar-refractivity contribution in [3.63, 3.8) is 0 Å². The summed E-state index contributed by atoms with van der Waals surface area (Å²) in [5, 5.41) is 6.02. The molecule has 1 amide bonds. The molecular formula is C25H34N4O6S. The molecule has 3 atom stereocenters. The molecule has 2 aromatic carbocycles. The van der Waals surface area contributed by atoms with Crippen LogP contribution in [0, 0.1) is 10.8 Å². The van der Waals surface area contributed by atoms with Crippen molar-refractivity contribution in [1.82, 2.24) is 9.62 Å².